The van der Waals surface area contributed by atoms with Gasteiger partial charge in [-0.2, -0.15) is 0 Å². The summed E-state index contributed by atoms with van der Waals surface area (Å²) in [4.78, 5) is 5.83. The maximum Gasteiger partial charge on any atom is 0.126 e. The molecule has 3 heterocycles. The standard InChI is InChI=1S/C54H39N3/c1-3-16-35-33(14-1)28-30-39-40-31-29-34-15-2-4-17-36(34)54-52(40)43(51(35)39)32-49-53(54)42-21-8-12-25-48(42)57(49)50-27-13-26-47(41-20-5-9-22-44(41)55-50)56-45-23-10-6-18-37(45)38-19-7-11-24-46(38)56/h1-12,14-25,28,30,32,40,50H,13,26-27,29,31H2/b47-41+,55-44?. The fraction of sp³-hybridized carbons (Fsp3) is 0.130. The van der Waals surface area contributed by atoms with Crippen molar-refractivity contribution in [2.75, 3.05) is 0 Å². The van der Waals surface area contributed by atoms with Crippen molar-refractivity contribution >= 4 is 60.1 Å². The molecule has 2 atom stereocenters. The minimum atomic E-state index is -0.0660. The second kappa shape index (κ2) is 11.9. The van der Waals surface area contributed by atoms with Gasteiger partial charge in [0.25, 0.3) is 0 Å². The highest BCUT2D eigenvalue weighted by Crippen LogP contribution is 2.58. The van der Waals surface area contributed by atoms with E-state index in [9.17, 15) is 0 Å². The predicted molar refractivity (Wildman–Crippen MR) is 236 cm³/mol. The smallest absolute Gasteiger partial charge is 0.126 e. The molecule has 3 nitrogen and oxygen atoms in total. The van der Waals surface area contributed by atoms with Crippen LogP contribution < -0.4 is 10.6 Å². The molecule has 13 rings (SSSR count). The van der Waals surface area contributed by atoms with Crippen molar-refractivity contribution in [3.05, 3.63) is 191 Å². The van der Waals surface area contributed by atoms with E-state index in [-0.39, 0.29) is 6.17 Å². The fourth-order valence-electron chi connectivity index (χ4n) is 11.2. The molecular formula is C54H39N3. The lowest BCUT2D eigenvalue weighted by molar-refractivity contribution is 0.482. The minimum Gasteiger partial charge on any atom is -0.317 e. The van der Waals surface area contributed by atoms with Gasteiger partial charge in [-0.1, -0.05) is 133 Å². The maximum atomic E-state index is 5.83. The highest BCUT2D eigenvalue weighted by Gasteiger charge is 2.37. The van der Waals surface area contributed by atoms with E-state index >= 15 is 0 Å². The van der Waals surface area contributed by atoms with E-state index in [1.54, 1.807) is 0 Å². The molecule has 0 saturated heterocycles. The Morgan fingerprint density at radius 1 is 0.509 bits per heavy atom. The fourth-order valence-corrected chi connectivity index (χ4v) is 11.2. The Bertz CT molecular complexity index is 3420. The molecule has 57 heavy (non-hydrogen) atoms. The van der Waals surface area contributed by atoms with Gasteiger partial charge in [0.05, 0.1) is 27.4 Å². The summed E-state index contributed by atoms with van der Waals surface area (Å²) in [6.07, 6.45) is 5.03. The second-order valence-electron chi connectivity index (χ2n) is 16.3. The first-order valence-electron chi connectivity index (χ1n) is 20.7. The number of fused-ring (bicyclic) bond motifs is 15. The van der Waals surface area contributed by atoms with Gasteiger partial charge in [0.15, 0.2) is 0 Å². The van der Waals surface area contributed by atoms with Gasteiger partial charge in [-0.15, -0.1) is 0 Å². The average Bonchev–Trinajstić information content (AvgIpc) is 3.84. The summed E-state index contributed by atoms with van der Waals surface area (Å²) in [7, 11) is 0. The summed E-state index contributed by atoms with van der Waals surface area (Å²) in [5, 5.41) is 10.2. The summed E-state index contributed by atoms with van der Waals surface area (Å²) in [6, 6.07) is 61.4. The molecule has 0 fully saturated rings. The van der Waals surface area contributed by atoms with E-state index in [1.807, 2.05) is 0 Å². The topological polar surface area (TPSA) is 22.2 Å². The molecule has 270 valence electrons. The van der Waals surface area contributed by atoms with Crippen molar-refractivity contribution in [1.82, 2.24) is 9.13 Å². The average molecular weight is 730 g/mol. The van der Waals surface area contributed by atoms with Crippen molar-refractivity contribution < 1.29 is 0 Å². The summed E-state index contributed by atoms with van der Waals surface area (Å²) < 4.78 is 5.14. The monoisotopic (exact) mass is 729 g/mol. The van der Waals surface area contributed by atoms with Gasteiger partial charge >= 0.3 is 0 Å². The van der Waals surface area contributed by atoms with Crippen LogP contribution in [0.15, 0.2) is 169 Å². The Kier molecular flexibility index (Phi) is 6.57. The second-order valence-corrected chi connectivity index (χ2v) is 16.3. The zero-order valence-corrected chi connectivity index (χ0v) is 31.6. The quantitative estimate of drug-likeness (QED) is 0.169. The van der Waals surface area contributed by atoms with Gasteiger partial charge in [0.2, 0.25) is 0 Å². The predicted octanol–water partition coefficient (Wildman–Crippen LogP) is 12.4. The lowest BCUT2D eigenvalue weighted by atomic mass is 9.87. The van der Waals surface area contributed by atoms with Crippen LogP contribution in [0.5, 0.6) is 0 Å². The molecule has 10 aromatic rings. The van der Waals surface area contributed by atoms with Crippen LogP contribution in [-0.2, 0) is 6.42 Å². The SMILES string of the molecule is c1ccc2c(c1)CCC1c3ccc4ccccc4c3-c3cc4c(c-2c31)c1ccccc1n4C1CCC/C(n2c3ccccc3c3ccccc32)=c2/ccccc2=N1. The Hall–Kier alpha value is -6.71. The molecule has 2 aliphatic carbocycles. The molecular weight excluding hydrogens is 691 g/mol. The maximum absolute atomic E-state index is 5.83. The van der Waals surface area contributed by atoms with Crippen LogP contribution in [0.4, 0.5) is 0 Å². The normalized spacial score (nSPS) is 18.2. The molecule has 0 saturated carbocycles. The number of benzene rings is 8. The number of hydrogen-bond donors (Lipinski definition) is 0. The number of rotatable bonds is 2. The van der Waals surface area contributed by atoms with E-state index in [1.165, 1.54) is 104 Å². The number of aromatic nitrogens is 2. The number of aryl methyl sites for hydroxylation is 1. The van der Waals surface area contributed by atoms with Crippen LogP contribution >= 0.6 is 0 Å². The summed E-state index contributed by atoms with van der Waals surface area (Å²) >= 11 is 0. The summed E-state index contributed by atoms with van der Waals surface area (Å²) in [5.74, 6) is 0.362. The van der Waals surface area contributed by atoms with E-state index in [0.717, 1.165) is 37.5 Å². The molecule has 0 radical (unpaired) electrons. The van der Waals surface area contributed by atoms with E-state index < -0.39 is 0 Å². The largest absolute Gasteiger partial charge is 0.317 e. The van der Waals surface area contributed by atoms with Crippen molar-refractivity contribution in [2.45, 2.75) is 44.2 Å². The Labute approximate surface area is 330 Å². The summed E-state index contributed by atoms with van der Waals surface area (Å²) in [5.41, 5.74) is 16.5. The molecule has 0 bridgehead atoms. The third-order valence-corrected chi connectivity index (χ3v) is 13.5. The van der Waals surface area contributed by atoms with Crippen LogP contribution in [0.25, 0.3) is 82.3 Å². The van der Waals surface area contributed by atoms with E-state index in [0.29, 0.717) is 5.92 Å². The third-order valence-electron chi connectivity index (χ3n) is 13.5. The van der Waals surface area contributed by atoms with E-state index in [2.05, 4.69) is 173 Å². The molecule has 8 aromatic carbocycles. The molecule has 3 heteroatoms. The lowest BCUT2D eigenvalue weighted by Crippen LogP contribution is -2.32. The molecule has 1 aliphatic heterocycles. The zero-order chi connectivity index (χ0) is 37.2. The van der Waals surface area contributed by atoms with Gasteiger partial charge < -0.3 is 9.13 Å². The highest BCUT2D eigenvalue weighted by atomic mass is 15.1. The van der Waals surface area contributed by atoms with Gasteiger partial charge in [0, 0.05) is 38.4 Å². The molecule has 2 unspecified atom stereocenters. The van der Waals surface area contributed by atoms with Gasteiger partial charge in [-0.25, -0.2) is 0 Å². The third kappa shape index (κ3) is 4.34. The lowest BCUT2D eigenvalue weighted by Gasteiger charge is -2.22. The van der Waals surface area contributed by atoms with Gasteiger partial charge in [0.1, 0.15) is 6.17 Å². The summed E-state index contributed by atoms with van der Waals surface area (Å²) in [6.45, 7) is 0. The zero-order valence-electron chi connectivity index (χ0n) is 31.6. The van der Waals surface area contributed by atoms with Gasteiger partial charge in [-0.05, 0) is 112 Å². The van der Waals surface area contributed by atoms with Crippen LogP contribution in [-0.4, -0.2) is 9.13 Å². The molecule has 0 spiro atoms. The Morgan fingerprint density at radius 3 is 2.04 bits per heavy atom. The highest BCUT2D eigenvalue weighted by molar-refractivity contribution is 6.19. The first-order chi connectivity index (χ1) is 28.3. The number of hydrogen-bond acceptors (Lipinski definition) is 1. The van der Waals surface area contributed by atoms with Crippen molar-refractivity contribution in [3.8, 4) is 22.3 Å². The van der Waals surface area contributed by atoms with E-state index in [4.69, 9.17) is 4.99 Å². The molecule has 3 aliphatic rings. The van der Waals surface area contributed by atoms with Crippen LogP contribution in [0, 0.1) is 0 Å². The minimum absolute atomic E-state index is 0.0660. The van der Waals surface area contributed by atoms with Crippen LogP contribution in [0.3, 0.4) is 0 Å². The Morgan fingerprint density at radius 2 is 1.19 bits per heavy atom. The Balaban J connectivity index is 1.14. The van der Waals surface area contributed by atoms with Crippen LogP contribution in [0.2, 0.25) is 0 Å². The molecule has 0 N–H and O–H groups in total. The van der Waals surface area contributed by atoms with Crippen molar-refractivity contribution in [1.29, 1.82) is 0 Å². The number of para-hydroxylation sites is 4. The first kappa shape index (κ1) is 31.5. The first-order valence-corrected chi connectivity index (χ1v) is 20.7. The van der Waals surface area contributed by atoms with Crippen LogP contribution in [0.1, 0.15) is 54.5 Å². The molecule has 0 amide bonds. The van der Waals surface area contributed by atoms with Crippen molar-refractivity contribution in [2.24, 2.45) is 4.99 Å². The number of nitrogens with zero attached hydrogens (tertiary/aromatic N) is 3. The molecule has 2 aromatic heterocycles. The van der Waals surface area contributed by atoms with Crippen molar-refractivity contribution in [3.63, 3.8) is 0 Å². The van der Waals surface area contributed by atoms with Gasteiger partial charge in [-0.3, -0.25) is 4.99 Å².